The van der Waals surface area contributed by atoms with Gasteiger partial charge in [0.2, 0.25) is 0 Å². The molecular formula is C18H20N3OS+. The van der Waals surface area contributed by atoms with Crippen LogP contribution in [-0.2, 0) is 4.79 Å². The maximum absolute atomic E-state index is 13.0. The topological polar surface area (TPSA) is 37.6 Å². The largest absolute Gasteiger partial charge is 0.301 e. The van der Waals surface area contributed by atoms with E-state index in [0.29, 0.717) is 0 Å². The number of quaternary nitrogens is 1. The van der Waals surface area contributed by atoms with Crippen LogP contribution in [0, 0.1) is 0 Å². The molecule has 2 aromatic rings. The Morgan fingerprint density at radius 2 is 2.04 bits per heavy atom. The first kappa shape index (κ1) is 14.7. The molecule has 2 aliphatic heterocycles. The number of carbonyl (C=O) groups is 1. The lowest BCUT2D eigenvalue weighted by molar-refractivity contribution is -0.924. The molecule has 0 spiro atoms. The van der Waals surface area contributed by atoms with Gasteiger partial charge in [-0.15, -0.1) is 11.8 Å². The molecule has 3 atom stereocenters. The fraction of sp³-hybridized carbons (Fsp3) is 0.333. The molecule has 1 aromatic carbocycles. The first-order valence-corrected chi connectivity index (χ1v) is 9.26. The summed E-state index contributed by atoms with van der Waals surface area (Å²) in [5.41, 5.74) is 1.20. The zero-order valence-electron chi connectivity index (χ0n) is 13.1. The molecule has 0 bridgehead atoms. The van der Waals surface area contributed by atoms with Gasteiger partial charge >= 0.3 is 0 Å². The molecule has 2 saturated heterocycles. The van der Waals surface area contributed by atoms with Gasteiger partial charge in [-0.1, -0.05) is 6.07 Å². The van der Waals surface area contributed by atoms with E-state index in [1.54, 1.807) is 18.0 Å². The summed E-state index contributed by atoms with van der Waals surface area (Å²) in [6.07, 6.45) is 5.99. The molecule has 1 aromatic heterocycles. The third-order valence-corrected chi connectivity index (χ3v) is 5.62. The maximum atomic E-state index is 13.0. The predicted molar refractivity (Wildman–Crippen MR) is 91.5 cm³/mol. The Balaban J connectivity index is 1.77. The molecule has 23 heavy (non-hydrogen) atoms. The number of aromatic nitrogens is 1. The second kappa shape index (κ2) is 5.98. The summed E-state index contributed by atoms with van der Waals surface area (Å²) in [5.74, 6) is 0.980. The first-order chi connectivity index (χ1) is 11.3. The number of rotatable bonds is 3. The van der Waals surface area contributed by atoms with Crippen molar-refractivity contribution in [3.8, 4) is 0 Å². The zero-order valence-corrected chi connectivity index (χ0v) is 13.9. The van der Waals surface area contributed by atoms with Crippen molar-refractivity contribution in [3.63, 3.8) is 0 Å². The number of amides is 1. The number of hydrogen-bond donors (Lipinski definition) is 1. The molecule has 3 unspecified atom stereocenters. The molecule has 3 heterocycles. The van der Waals surface area contributed by atoms with Crippen LogP contribution >= 0.6 is 11.8 Å². The van der Waals surface area contributed by atoms with Crippen molar-refractivity contribution in [2.75, 3.05) is 17.7 Å². The number of anilines is 1. The van der Waals surface area contributed by atoms with E-state index in [1.165, 1.54) is 15.4 Å². The van der Waals surface area contributed by atoms with Gasteiger partial charge < -0.3 is 4.90 Å². The monoisotopic (exact) mass is 326 g/mol. The van der Waals surface area contributed by atoms with Gasteiger partial charge in [0.05, 0.1) is 6.54 Å². The minimum Gasteiger partial charge on any atom is -0.301 e. The molecule has 0 radical (unpaired) electrons. The lowest BCUT2D eigenvalue weighted by atomic mass is 10.1. The highest BCUT2D eigenvalue weighted by atomic mass is 32.2. The van der Waals surface area contributed by atoms with E-state index < -0.39 is 0 Å². The summed E-state index contributed by atoms with van der Waals surface area (Å²) in [5, 5.41) is 0. The minimum atomic E-state index is 0.0424. The Labute approximate surface area is 140 Å². The van der Waals surface area contributed by atoms with Crippen molar-refractivity contribution in [1.29, 1.82) is 0 Å². The Kier molecular flexibility index (Phi) is 3.83. The molecule has 5 heteroatoms. The van der Waals surface area contributed by atoms with Crippen LogP contribution in [-0.4, -0.2) is 29.7 Å². The van der Waals surface area contributed by atoms with Crippen molar-refractivity contribution < 1.29 is 9.69 Å². The van der Waals surface area contributed by atoms with Crippen molar-refractivity contribution in [2.24, 2.45) is 0 Å². The van der Waals surface area contributed by atoms with E-state index in [2.05, 4.69) is 35.5 Å². The van der Waals surface area contributed by atoms with Gasteiger partial charge in [-0.3, -0.25) is 4.79 Å². The van der Waals surface area contributed by atoms with Gasteiger partial charge in [-0.2, -0.15) is 0 Å². The highest BCUT2D eigenvalue weighted by molar-refractivity contribution is 7.98. The Morgan fingerprint density at radius 3 is 2.74 bits per heavy atom. The lowest BCUT2D eigenvalue weighted by Gasteiger charge is -2.25. The second-order valence-corrected chi connectivity index (χ2v) is 6.97. The van der Waals surface area contributed by atoms with Gasteiger partial charge in [-0.05, 0) is 42.7 Å². The highest BCUT2D eigenvalue weighted by Gasteiger charge is 2.53. The zero-order chi connectivity index (χ0) is 15.8. The lowest BCUT2D eigenvalue weighted by Crippen LogP contribution is -3.12. The van der Waals surface area contributed by atoms with Gasteiger partial charge in [-0.25, -0.2) is 9.88 Å². The van der Waals surface area contributed by atoms with E-state index in [9.17, 15) is 4.79 Å². The van der Waals surface area contributed by atoms with Crippen LogP contribution in [0.25, 0.3) is 0 Å². The maximum Gasteiger partial charge on any atom is 0.291 e. The summed E-state index contributed by atoms with van der Waals surface area (Å²) in [7, 11) is 0. The summed E-state index contributed by atoms with van der Waals surface area (Å²) in [6.45, 7) is 1.05. The number of fused-ring (bicyclic) bond motifs is 1. The van der Waals surface area contributed by atoms with Crippen molar-refractivity contribution in [1.82, 2.24) is 4.98 Å². The van der Waals surface area contributed by atoms with Gasteiger partial charge in [0.1, 0.15) is 5.82 Å². The van der Waals surface area contributed by atoms with Crippen molar-refractivity contribution in [2.45, 2.75) is 29.9 Å². The average Bonchev–Trinajstić information content (AvgIpc) is 3.18. The van der Waals surface area contributed by atoms with Crippen LogP contribution in [0.1, 0.15) is 24.6 Å². The Hall–Kier alpha value is -1.85. The third kappa shape index (κ3) is 2.44. The standard InChI is InChI=1S/C18H19N3OS/c1-23-14-9-7-13(8-10-14)17-20-12-4-5-15(20)18(22)21(17)16-6-2-3-11-19-16/h2-3,6-11,15,17H,4-5,12H2,1H3/p+1. The fourth-order valence-electron chi connectivity index (χ4n) is 3.83. The fourth-order valence-corrected chi connectivity index (χ4v) is 4.24. The van der Waals surface area contributed by atoms with Gasteiger partial charge in [0, 0.05) is 29.5 Å². The molecule has 118 valence electrons. The molecule has 2 aliphatic rings. The molecule has 4 rings (SSSR count). The normalized spacial score (nSPS) is 26.6. The van der Waals surface area contributed by atoms with Crippen LogP contribution < -0.4 is 9.80 Å². The Morgan fingerprint density at radius 1 is 1.22 bits per heavy atom. The molecule has 0 saturated carbocycles. The molecule has 0 aliphatic carbocycles. The van der Waals surface area contributed by atoms with Gasteiger partial charge in [0.25, 0.3) is 5.91 Å². The summed E-state index contributed by atoms with van der Waals surface area (Å²) in [6, 6.07) is 14.5. The SMILES string of the molecule is CSc1ccc(C2N(c3ccccn3)C(=O)C3CCC[NH+]32)cc1. The van der Waals surface area contributed by atoms with E-state index in [0.717, 1.165) is 25.2 Å². The number of benzene rings is 1. The summed E-state index contributed by atoms with van der Waals surface area (Å²) >= 11 is 1.74. The second-order valence-electron chi connectivity index (χ2n) is 6.09. The average molecular weight is 326 g/mol. The molecule has 1 amide bonds. The van der Waals surface area contributed by atoms with E-state index >= 15 is 0 Å². The van der Waals surface area contributed by atoms with Crippen molar-refractivity contribution in [3.05, 3.63) is 54.2 Å². The van der Waals surface area contributed by atoms with Crippen LogP contribution in [0.3, 0.4) is 0 Å². The van der Waals surface area contributed by atoms with E-state index in [4.69, 9.17) is 0 Å². The molecule has 4 nitrogen and oxygen atoms in total. The van der Waals surface area contributed by atoms with Crippen LogP contribution in [0.2, 0.25) is 0 Å². The molecule has 1 N–H and O–H groups in total. The first-order valence-electron chi connectivity index (χ1n) is 8.03. The summed E-state index contributed by atoms with van der Waals surface area (Å²) in [4.78, 5) is 21.9. The number of nitrogens with one attached hydrogen (secondary N) is 1. The number of pyridine rings is 1. The predicted octanol–water partition coefficient (Wildman–Crippen LogP) is 1.90. The van der Waals surface area contributed by atoms with E-state index in [1.807, 2.05) is 23.1 Å². The van der Waals surface area contributed by atoms with Crippen LogP contribution in [0.5, 0.6) is 0 Å². The minimum absolute atomic E-state index is 0.0424. The molecular weight excluding hydrogens is 306 g/mol. The highest BCUT2D eigenvalue weighted by Crippen LogP contribution is 2.30. The number of nitrogens with zero attached hydrogens (tertiary/aromatic N) is 2. The third-order valence-electron chi connectivity index (χ3n) is 4.88. The number of hydrogen-bond acceptors (Lipinski definition) is 3. The van der Waals surface area contributed by atoms with Crippen molar-refractivity contribution >= 4 is 23.5 Å². The number of carbonyl (C=O) groups excluding carboxylic acids is 1. The Bertz CT molecular complexity index is 704. The van der Waals surface area contributed by atoms with Gasteiger partial charge in [0.15, 0.2) is 12.2 Å². The van der Waals surface area contributed by atoms with E-state index in [-0.39, 0.29) is 18.1 Å². The smallest absolute Gasteiger partial charge is 0.291 e. The number of thioether (sulfide) groups is 1. The summed E-state index contributed by atoms with van der Waals surface area (Å²) < 4.78 is 0. The molecule has 2 fully saturated rings. The van der Waals surface area contributed by atoms with Crippen LogP contribution in [0.15, 0.2) is 53.6 Å². The quantitative estimate of drug-likeness (QED) is 0.876. The van der Waals surface area contributed by atoms with Crippen LogP contribution in [0.4, 0.5) is 5.82 Å².